The largest absolute Gasteiger partial charge is 0.481 e. The molecule has 0 aliphatic carbocycles. The summed E-state index contributed by atoms with van der Waals surface area (Å²) in [5.41, 5.74) is -0.326. The van der Waals surface area contributed by atoms with Gasteiger partial charge in [-0.15, -0.1) is 5.10 Å². The van der Waals surface area contributed by atoms with Gasteiger partial charge in [-0.2, -0.15) is 0 Å². The van der Waals surface area contributed by atoms with E-state index in [1.54, 1.807) is 41.2 Å². The molecule has 1 amide bonds. The summed E-state index contributed by atoms with van der Waals surface area (Å²) in [6, 6.07) is 5.35. The SMILES string of the molecule is COc1cccc(CC(=O)N2CCC[C@](O)(Cn3ccnn3)C2)n1. The number of β-amino-alcohol motifs (C(OH)–C–C–N with tert-alkyl or cyclic N) is 1. The molecular weight excluding hydrogens is 310 g/mol. The zero-order valence-electron chi connectivity index (χ0n) is 13.6. The van der Waals surface area contributed by atoms with Gasteiger partial charge in [0.25, 0.3) is 0 Å². The van der Waals surface area contributed by atoms with Crippen LogP contribution in [0.3, 0.4) is 0 Å². The number of carbonyl (C=O) groups excluding carboxylic acids is 1. The first-order chi connectivity index (χ1) is 11.6. The van der Waals surface area contributed by atoms with Crippen LogP contribution < -0.4 is 4.74 Å². The number of methoxy groups -OCH3 is 1. The zero-order chi connectivity index (χ0) is 17.0. The lowest BCUT2D eigenvalue weighted by Crippen LogP contribution is -2.52. The first-order valence-corrected chi connectivity index (χ1v) is 7.92. The van der Waals surface area contributed by atoms with Crippen molar-refractivity contribution in [3.8, 4) is 5.88 Å². The van der Waals surface area contributed by atoms with Crippen molar-refractivity contribution in [3.63, 3.8) is 0 Å². The molecule has 8 nitrogen and oxygen atoms in total. The highest BCUT2D eigenvalue weighted by Crippen LogP contribution is 2.23. The number of hydrogen-bond donors (Lipinski definition) is 1. The van der Waals surface area contributed by atoms with Crippen molar-refractivity contribution in [1.29, 1.82) is 0 Å². The Morgan fingerprint density at radius 2 is 2.33 bits per heavy atom. The predicted molar refractivity (Wildman–Crippen MR) is 85.3 cm³/mol. The Labute approximate surface area is 140 Å². The van der Waals surface area contributed by atoms with E-state index in [2.05, 4.69) is 15.3 Å². The molecule has 1 atom stereocenters. The fraction of sp³-hybridized carbons (Fsp3) is 0.500. The topological polar surface area (TPSA) is 93.4 Å². The molecule has 0 radical (unpaired) electrons. The van der Waals surface area contributed by atoms with Crippen LogP contribution in [0.25, 0.3) is 0 Å². The van der Waals surface area contributed by atoms with Gasteiger partial charge in [0.05, 0.1) is 38.5 Å². The summed E-state index contributed by atoms with van der Waals surface area (Å²) in [7, 11) is 1.54. The van der Waals surface area contributed by atoms with Crippen LogP contribution in [0.15, 0.2) is 30.6 Å². The number of ether oxygens (including phenoxy) is 1. The Balaban J connectivity index is 1.64. The summed E-state index contributed by atoms with van der Waals surface area (Å²) >= 11 is 0. The first kappa shape index (κ1) is 16.4. The van der Waals surface area contributed by atoms with Gasteiger partial charge in [-0.3, -0.25) is 4.79 Å². The van der Waals surface area contributed by atoms with Crippen molar-refractivity contribution < 1.29 is 14.6 Å². The molecule has 2 aromatic heterocycles. The van der Waals surface area contributed by atoms with Crippen molar-refractivity contribution in [3.05, 3.63) is 36.3 Å². The molecule has 0 aromatic carbocycles. The lowest BCUT2D eigenvalue weighted by Gasteiger charge is -2.39. The number of aliphatic hydroxyl groups is 1. The second-order valence-electron chi connectivity index (χ2n) is 6.09. The van der Waals surface area contributed by atoms with E-state index in [1.807, 2.05) is 6.07 Å². The number of hydrogen-bond acceptors (Lipinski definition) is 6. The molecule has 1 N–H and O–H groups in total. The molecule has 128 valence electrons. The minimum absolute atomic E-state index is 0.0486. The van der Waals surface area contributed by atoms with E-state index in [4.69, 9.17) is 4.74 Å². The van der Waals surface area contributed by atoms with E-state index in [0.29, 0.717) is 31.1 Å². The van der Waals surface area contributed by atoms with Gasteiger partial charge in [0, 0.05) is 18.8 Å². The minimum atomic E-state index is -0.983. The highest BCUT2D eigenvalue weighted by Gasteiger charge is 2.35. The van der Waals surface area contributed by atoms with Crippen molar-refractivity contribution in [2.24, 2.45) is 0 Å². The number of pyridine rings is 1. The van der Waals surface area contributed by atoms with Gasteiger partial charge < -0.3 is 14.7 Å². The smallest absolute Gasteiger partial charge is 0.228 e. The second kappa shape index (κ2) is 6.96. The lowest BCUT2D eigenvalue weighted by molar-refractivity contribution is -0.138. The van der Waals surface area contributed by atoms with Crippen LogP contribution in [0.1, 0.15) is 18.5 Å². The maximum atomic E-state index is 12.6. The number of rotatable bonds is 5. The number of carbonyl (C=O) groups is 1. The Morgan fingerprint density at radius 1 is 1.46 bits per heavy atom. The monoisotopic (exact) mass is 331 g/mol. The Hall–Kier alpha value is -2.48. The number of piperidine rings is 1. The number of nitrogens with zero attached hydrogens (tertiary/aromatic N) is 5. The molecule has 1 saturated heterocycles. The van der Waals surface area contributed by atoms with Gasteiger partial charge in [-0.25, -0.2) is 9.67 Å². The normalized spacial score (nSPS) is 20.8. The summed E-state index contributed by atoms with van der Waals surface area (Å²) in [6.07, 6.45) is 4.86. The molecule has 0 saturated carbocycles. The highest BCUT2D eigenvalue weighted by atomic mass is 16.5. The Kier molecular flexibility index (Phi) is 4.75. The molecule has 3 rings (SSSR count). The molecule has 0 bridgehead atoms. The zero-order valence-corrected chi connectivity index (χ0v) is 13.6. The van der Waals surface area contributed by atoms with Gasteiger partial charge in [0.1, 0.15) is 5.60 Å². The summed E-state index contributed by atoms with van der Waals surface area (Å²) in [6.45, 7) is 1.26. The van der Waals surface area contributed by atoms with Gasteiger partial charge in [0.15, 0.2) is 0 Å². The predicted octanol–water partition coefficient (Wildman–Crippen LogP) is 0.278. The summed E-state index contributed by atoms with van der Waals surface area (Å²) < 4.78 is 6.68. The van der Waals surface area contributed by atoms with E-state index in [0.717, 1.165) is 6.42 Å². The van der Waals surface area contributed by atoms with Crippen LogP contribution in [-0.2, 0) is 17.8 Å². The molecule has 1 aliphatic rings. The third-order valence-electron chi connectivity index (χ3n) is 4.16. The van der Waals surface area contributed by atoms with Crippen LogP contribution in [-0.4, -0.2) is 61.7 Å². The Bertz CT molecular complexity index is 691. The average Bonchev–Trinajstić information content (AvgIpc) is 3.07. The van der Waals surface area contributed by atoms with E-state index < -0.39 is 5.60 Å². The van der Waals surface area contributed by atoms with Gasteiger partial charge in [-0.1, -0.05) is 11.3 Å². The van der Waals surface area contributed by atoms with Crippen molar-refractivity contribution in [2.45, 2.75) is 31.4 Å². The van der Waals surface area contributed by atoms with E-state index in [9.17, 15) is 9.90 Å². The quantitative estimate of drug-likeness (QED) is 0.846. The van der Waals surface area contributed by atoms with Crippen LogP contribution in [0, 0.1) is 0 Å². The number of likely N-dealkylation sites (tertiary alicyclic amines) is 1. The lowest BCUT2D eigenvalue weighted by atomic mass is 9.92. The molecule has 1 fully saturated rings. The fourth-order valence-corrected chi connectivity index (χ4v) is 3.01. The van der Waals surface area contributed by atoms with Crippen LogP contribution in [0.5, 0.6) is 5.88 Å². The van der Waals surface area contributed by atoms with Crippen molar-refractivity contribution >= 4 is 5.91 Å². The van der Waals surface area contributed by atoms with Gasteiger partial charge >= 0.3 is 0 Å². The van der Waals surface area contributed by atoms with E-state index in [1.165, 1.54) is 0 Å². The molecule has 0 unspecified atom stereocenters. The second-order valence-corrected chi connectivity index (χ2v) is 6.09. The molecule has 8 heteroatoms. The number of amides is 1. The third kappa shape index (κ3) is 3.88. The summed E-state index contributed by atoms with van der Waals surface area (Å²) in [5, 5.41) is 18.4. The fourth-order valence-electron chi connectivity index (χ4n) is 3.01. The Morgan fingerprint density at radius 3 is 3.08 bits per heavy atom. The van der Waals surface area contributed by atoms with Crippen LogP contribution >= 0.6 is 0 Å². The first-order valence-electron chi connectivity index (χ1n) is 7.92. The minimum Gasteiger partial charge on any atom is -0.481 e. The van der Waals surface area contributed by atoms with E-state index >= 15 is 0 Å². The number of aromatic nitrogens is 4. The van der Waals surface area contributed by atoms with Crippen LogP contribution in [0.4, 0.5) is 0 Å². The van der Waals surface area contributed by atoms with Gasteiger partial charge in [-0.05, 0) is 18.9 Å². The maximum Gasteiger partial charge on any atom is 0.228 e. The molecular formula is C16H21N5O3. The van der Waals surface area contributed by atoms with Crippen molar-refractivity contribution in [1.82, 2.24) is 24.9 Å². The van der Waals surface area contributed by atoms with E-state index in [-0.39, 0.29) is 18.9 Å². The molecule has 1 aliphatic heterocycles. The summed E-state index contributed by atoms with van der Waals surface area (Å²) in [4.78, 5) is 18.5. The molecule has 2 aromatic rings. The maximum absolute atomic E-state index is 12.6. The third-order valence-corrected chi connectivity index (χ3v) is 4.16. The summed E-state index contributed by atoms with van der Waals surface area (Å²) in [5.74, 6) is 0.439. The average molecular weight is 331 g/mol. The molecule has 24 heavy (non-hydrogen) atoms. The molecule has 0 spiro atoms. The van der Waals surface area contributed by atoms with Gasteiger partial charge in [0.2, 0.25) is 11.8 Å². The highest BCUT2D eigenvalue weighted by molar-refractivity contribution is 5.78. The van der Waals surface area contributed by atoms with Crippen LogP contribution in [0.2, 0.25) is 0 Å². The standard InChI is InChI=1S/C16H21N5O3/c1-24-14-5-2-4-13(18-14)10-15(22)20-8-3-6-16(23,11-20)12-21-9-7-17-19-21/h2,4-5,7,9,23H,3,6,8,10-12H2,1H3/t16-/m1/s1. The molecule has 3 heterocycles. The van der Waals surface area contributed by atoms with Crippen molar-refractivity contribution in [2.75, 3.05) is 20.2 Å².